The first-order valence-corrected chi connectivity index (χ1v) is 8.25. The highest BCUT2D eigenvalue weighted by atomic mass is 16.4. The van der Waals surface area contributed by atoms with Gasteiger partial charge < -0.3 is 5.11 Å². The average Bonchev–Trinajstić information content (AvgIpc) is 3.15. The van der Waals surface area contributed by atoms with Crippen molar-refractivity contribution in [2.24, 2.45) is 0 Å². The lowest BCUT2D eigenvalue weighted by molar-refractivity contribution is -0.463. The summed E-state index contributed by atoms with van der Waals surface area (Å²) in [6.45, 7) is 4.43. The van der Waals surface area contributed by atoms with Crippen molar-refractivity contribution >= 4 is 17.9 Å². The maximum absolute atomic E-state index is 11.4. The SMILES string of the molecule is Cc1cc([N+]2=Cc3ccc(-c4ccccc4)n3C2)cc(C)c1C(=O)O. The Balaban J connectivity index is 1.71. The predicted molar refractivity (Wildman–Crippen MR) is 97.8 cm³/mol. The molecule has 124 valence electrons. The van der Waals surface area contributed by atoms with Crippen molar-refractivity contribution in [1.82, 2.24) is 4.57 Å². The van der Waals surface area contributed by atoms with E-state index in [1.807, 2.05) is 44.2 Å². The maximum Gasteiger partial charge on any atom is 0.336 e. The first kappa shape index (κ1) is 15.4. The fourth-order valence-corrected chi connectivity index (χ4v) is 3.57. The molecule has 3 aromatic rings. The largest absolute Gasteiger partial charge is 0.478 e. The second kappa shape index (κ2) is 5.74. The van der Waals surface area contributed by atoms with Gasteiger partial charge in [-0.15, -0.1) is 0 Å². The summed E-state index contributed by atoms with van der Waals surface area (Å²) in [5, 5.41) is 9.35. The van der Waals surface area contributed by atoms with Gasteiger partial charge in [0.05, 0.1) is 11.3 Å². The number of aromatic nitrogens is 1. The Morgan fingerprint density at radius 3 is 2.36 bits per heavy atom. The Hall–Kier alpha value is -3.14. The molecule has 0 unspecified atom stereocenters. The zero-order valence-electron chi connectivity index (χ0n) is 14.2. The van der Waals surface area contributed by atoms with E-state index in [2.05, 4.69) is 39.6 Å². The summed E-state index contributed by atoms with van der Waals surface area (Å²) in [6, 6.07) is 18.5. The van der Waals surface area contributed by atoms with E-state index in [1.165, 1.54) is 11.3 Å². The molecule has 0 aliphatic carbocycles. The van der Waals surface area contributed by atoms with Crippen LogP contribution in [-0.4, -0.2) is 26.4 Å². The molecule has 0 saturated heterocycles. The number of benzene rings is 2. The third-order valence-corrected chi connectivity index (χ3v) is 4.73. The highest BCUT2D eigenvalue weighted by Gasteiger charge is 2.25. The maximum atomic E-state index is 11.4. The lowest BCUT2D eigenvalue weighted by atomic mass is 10.0. The number of fused-ring (bicyclic) bond motifs is 1. The molecule has 0 radical (unpaired) electrons. The van der Waals surface area contributed by atoms with Crippen LogP contribution in [0.3, 0.4) is 0 Å². The van der Waals surface area contributed by atoms with Gasteiger partial charge in [0.15, 0.2) is 6.21 Å². The van der Waals surface area contributed by atoms with Crippen LogP contribution in [0.5, 0.6) is 0 Å². The minimum Gasteiger partial charge on any atom is -0.478 e. The van der Waals surface area contributed by atoms with Crippen LogP contribution < -0.4 is 0 Å². The molecule has 1 aromatic heterocycles. The van der Waals surface area contributed by atoms with E-state index in [1.54, 1.807) is 0 Å². The van der Waals surface area contributed by atoms with Gasteiger partial charge in [-0.1, -0.05) is 30.3 Å². The Kier molecular flexibility index (Phi) is 3.53. The van der Waals surface area contributed by atoms with Gasteiger partial charge in [-0.25, -0.2) is 4.79 Å². The summed E-state index contributed by atoms with van der Waals surface area (Å²) in [7, 11) is 0. The first-order valence-electron chi connectivity index (χ1n) is 8.25. The fourth-order valence-electron chi connectivity index (χ4n) is 3.57. The van der Waals surface area contributed by atoms with Gasteiger partial charge in [0.1, 0.15) is 5.69 Å². The standard InChI is InChI=1S/C21H18N2O2/c1-14-10-18(11-15(2)20(14)21(24)25)22-12-17-8-9-19(23(17)13-22)16-6-4-3-5-7-16/h3-12H,13H2,1-2H3/p+1. The van der Waals surface area contributed by atoms with Gasteiger partial charge in [0.25, 0.3) is 0 Å². The van der Waals surface area contributed by atoms with Gasteiger partial charge in [0, 0.05) is 12.1 Å². The average molecular weight is 331 g/mol. The molecule has 25 heavy (non-hydrogen) atoms. The van der Waals surface area contributed by atoms with Crippen molar-refractivity contribution in [3.8, 4) is 11.3 Å². The monoisotopic (exact) mass is 331 g/mol. The number of carboxylic acid groups (broad SMARTS) is 1. The van der Waals surface area contributed by atoms with E-state index in [0.717, 1.165) is 29.2 Å². The summed E-state index contributed by atoms with van der Waals surface area (Å²) in [5.74, 6) is -0.871. The quantitative estimate of drug-likeness (QED) is 0.731. The van der Waals surface area contributed by atoms with Crippen LogP contribution in [0.15, 0.2) is 54.6 Å². The van der Waals surface area contributed by atoms with Crippen LogP contribution in [0, 0.1) is 13.8 Å². The van der Waals surface area contributed by atoms with Crippen molar-refractivity contribution in [3.05, 3.63) is 77.0 Å². The van der Waals surface area contributed by atoms with Gasteiger partial charge in [0.2, 0.25) is 12.4 Å². The van der Waals surface area contributed by atoms with E-state index in [-0.39, 0.29) is 0 Å². The van der Waals surface area contributed by atoms with E-state index in [9.17, 15) is 9.90 Å². The molecule has 4 nitrogen and oxygen atoms in total. The number of hydrogen-bond acceptors (Lipinski definition) is 1. The van der Waals surface area contributed by atoms with Gasteiger partial charge in [-0.3, -0.25) is 4.57 Å². The zero-order valence-corrected chi connectivity index (χ0v) is 14.2. The molecule has 0 bridgehead atoms. The van der Waals surface area contributed by atoms with Crippen molar-refractivity contribution < 1.29 is 14.5 Å². The second-order valence-electron chi connectivity index (χ2n) is 6.44. The third kappa shape index (κ3) is 2.56. The Morgan fingerprint density at radius 2 is 1.72 bits per heavy atom. The topological polar surface area (TPSA) is 45.2 Å². The second-order valence-corrected chi connectivity index (χ2v) is 6.44. The minimum atomic E-state index is -0.871. The van der Waals surface area contributed by atoms with E-state index in [0.29, 0.717) is 5.56 Å². The van der Waals surface area contributed by atoms with Gasteiger partial charge in [-0.2, -0.15) is 4.58 Å². The number of rotatable bonds is 3. The summed E-state index contributed by atoms with van der Waals surface area (Å²) < 4.78 is 4.43. The Labute approximate surface area is 146 Å². The number of nitrogens with zero attached hydrogens (tertiary/aromatic N) is 2. The summed E-state index contributed by atoms with van der Waals surface area (Å²) in [6.07, 6.45) is 2.11. The molecule has 1 N–H and O–H groups in total. The molecule has 4 rings (SSSR count). The first-order chi connectivity index (χ1) is 12.0. The molecule has 0 fully saturated rings. The third-order valence-electron chi connectivity index (χ3n) is 4.73. The van der Waals surface area contributed by atoms with Crippen LogP contribution in [0.4, 0.5) is 5.69 Å². The molecule has 2 aromatic carbocycles. The number of carboxylic acids is 1. The Morgan fingerprint density at radius 1 is 1.04 bits per heavy atom. The van der Waals surface area contributed by atoms with Crippen LogP contribution in [0.2, 0.25) is 0 Å². The van der Waals surface area contributed by atoms with E-state index >= 15 is 0 Å². The summed E-state index contributed by atoms with van der Waals surface area (Å²) >= 11 is 0. The summed E-state index contributed by atoms with van der Waals surface area (Å²) in [4.78, 5) is 11.4. The van der Waals surface area contributed by atoms with E-state index in [4.69, 9.17) is 0 Å². The zero-order chi connectivity index (χ0) is 17.6. The number of carbonyl (C=O) groups is 1. The fraction of sp³-hybridized carbons (Fsp3) is 0.143. The highest BCUT2D eigenvalue weighted by Crippen LogP contribution is 2.28. The highest BCUT2D eigenvalue weighted by molar-refractivity contribution is 5.91. The molecule has 1 aliphatic heterocycles. The van der Waals surface area contributed by atoms with Crippen molar-refractivity contribution in [2.45, 2.75) is 20.5 Å². The predicted octanol–water partition coefficient (Wildman–Crippen LogP) is 4.20. The number of aryl methyl sites for hydroxylation is 2. The number of hydrogen-bond donors (Lipinski definition) is 1. The van der Waals surface area contributed by atoms with Crippen molar-refractivity contribution in [2.75, 3.05) is 0 Å². The smallest absolute Gasteiger partial charge is 0.336 e. The molecule has 4 heteroatoms. The lowest BCUT2D eigenvalue weighted by Gasteiger charge is -2.08. The molecule has 0 atom stereocenters. The van der Waals surface area contributed by atoms with Crippen LogP contribution in [0.1, 0.15) is 27.2 Å². The lowest BCUT2D eigenvalue weighted by Crippen LogP contribution is -2.08. The molecule has 0 amide bonds. The molecular formula is C21H19N2O2+. The Bertz CT molecular complexity index is 991. The molecular weight excluding hydrogens is 312 g/mol. The van der Waals surface area contributed by atoms with Crippen molar-refractivity contribution in [1.29, 1.82) is 0 Å². The molecule has 0 spiro atoms. The summed E-state index contributed by atoms with van der Waals surface area (Å²) in [5.41, 5.74) is 6.51. The molecule has 0 saturated carbocycles. The van der Waals surface area contributed by atoms with Gasteiger partial charge in [-0.05, 0) is 42.7 Å². The minimum absolute atomic E-state index is 0.396. The molecule has 2 heterocycles. The molecule has 1 aliphatic rings. The number of aromatic carboxylic acids is 1. The van der Waals surface area contributed by atoms with Crippen molar-refractivity contribution in [3.63, 3.8) is 0 Å². The normalized spacial score (nSPS) is 12.8. The van der Waals surface area contributed by atoms with Crippen LogP contribution in [0.25, 0.3) is 11.3 Å². The van der Waals surface area contributed by atoms with E-state index < -0.39 is 5.97 Å². The van der Waals surface area contributed by atoms with Gasteiger partial charge >= 0.3 is 5.97 Å². The van der Waals surface area contributed by atoms with Crippen LogP contribution >= 0.6 is 0 Å². The van der Waals surface area contributed by atoms with Crippen LogP contribution in [-0.2, 0) is 6.67 Å².